The molecule has 80 valence electrons. The number of aromatic nitrogens is 1. The molecule has 5 heteroatoms. The summed E-state index contributed by atoms with van der Waals surface area (Å²) >= 11 is 4.48. The van der Waals surface area contributed by atoms with Gasteiger partial charge in [0.05, 0.1) is 5.69 Å². The first-order valence-electron chi connectivity index (χ1n) is 4.45. The lowest BCUT2D eigenvalue weighted by Gasteiger charge is -1.99. The van der Waals surface area contributed by atoms with Crippen molar-refractivity contribution in [2.75, 3.05) is 0 Å². The maximum Gasteiger partial charge on any atom is 0.133 e. The molecule has 0 N–H and O–H groups in total. The predicted octanol–water partition coefficient (Wildman–Crippen LogP) is 3.89. The second kappa shape index (κ2) is 4.32. The zero-order valence-electron chi connectivity index (χ0n) is 8.29. The Hall–Kier alpha value is -1.25. The zero-order valence-corrected chi connectivity index (χ0v) is 10.7. The first-order chi connectivity index (χ1) is 7.61. The number of aryl methyl sites for hydroxylation is 1. The van der Waals surface area contributed by atoms with E-state index in [1.807, 2.05) is 6.07 Å². The van der Waals surface area contributed by atoms with Gasteiger partial charge in [-0.3, -0.25) is 0 Å². The molecule has 0 aliphatic carbocycles. The van der Waals surface area contributed by atoms with Crippen molar-refractivity contribution in [3.63, 3.8) is 0 Å². The fourth-order valence-corrected chi connectivity index (χ4v) is 2.52. The second-order valence-electron chi connectivity index (χ2n) is 3.17. The van der Waals surface area contributed by atoms with Crippen LogP contribution in [0.25, 0.3) is 10.6 Å². The van der Waals surface area contributed by atoms with Crippen LogP contribution in [0.15, 0.2) is 22.7 Å². The monoisotopic (exact) mass is 296 g/mol. The number of hydrogen-bond donors (Lipinski definition) is 0. The van der Waals surface area contributed by atoms with Crippen molar-refractivity contribution in [1.29, 1.82) is 5.26 Å². The first-order valence-corrected chi connectivity index (χ1v) is 6.05. The molecule has 2 nitrogen and oxygen atoms in total. The van der Waals surface area contributed by atoms with E-state index < -0.39 is 0 Å². The van der Waals surface area contributed by atoms with Gasteiger partial charge in [-0.05, 0) is 25.1 Å². The molecule has 0 unspecified atom stereocenters. The molecule has 1 aromatic heterocycles. The van der Waals surface area contributed by atoms with Crippen LogP contribution < -0.4 is 0 Å². The van der Waals surface area contributed by atoms with Crippen molar-refractivity contribution in [2.45, 2.75) is 6.92 Å². The number of thiazole rings is 1. The molecule has 0 atom stereocenters. The SMILES string of the molecule is Cc1nc(-c2cc(Br)ccc2F)sc1C#N. The molecule has 0 aliphatic rings. The normalized spacial score (nSPS) is 10.1. The molecule has 16 heavy (non-hydrogen) atoms. The Labute approximate surface area is 105 Å². The molecule has 0 bridgehead atoms. The fraction of sp³-hybridized carbons (Fsp3) is 0.0909. The molecule has 2 aromatic rings. The van der Waals surface area contributed by atoms with Gasteiger partial charge in [0.25, 0.3) is 0 Å². The third kappa shape index (κ3) is 1.99. The van der Waals surface area contributed by atoms with Crippen LogP contribution in [0, 0.1) is 24.1 Å². The summed E-state index contributed by atoms with van der Waals surface area (Å²) < 4.78 is 14.4. The molecule has 0 spiro atoms. The largest absolute Gasteiger partial charge is 0.240 e. The van der Waals surface area contributed by atoms with Crippen molar-refractivity contribution in [2.24, 2.45) is 0 Å². The first kappa shape index (κ1) is 11.2. The van der Waals surface area contributed by atoms with Gasteiger partial charge in [-0.25, -0.2) is 9.37 Å². The van der Waals surface area contributed by atoms with Crippen LogP contribution in [0.5, 0.6) is 0 Å². The van der Waals surface area contributed by atoms with Gasteiger partial charge in [0, 0.05) is 10.0 Å². The lowest BCUT2D eigenvalue weighted by atomic mass is 10.2. The summed E-state index contributed by atoms with van der Waals surface area (Å²) in [5.74, 6) is -0.332. The van der Waals surface area contributed by atoms with E-state index in [0.29, 0.717) is 21.1 Å². The molecule has 0 fully saturated rings. The molecule has 0 saturated heterocycles. The highest BCUT2D eigenvalue weighted by Gasteiger charge is 2.12. The van der Waals surface area contributed by atoms with Crippen LogP contribution in [0.2, 0.25) is 0 Å². The molecule has 0 radical (unpaired) electrons. The standard InChI is InChI=1S/C11H6BrFN2S/c1-6-10(5-14)16-11(15-6)8-4-7(12)2-3-9(8)13/h2-4H,1H3. The number of halogens is 2. The Morgan fingerprint density at radius 3 is 2.88 bits per heavy atom. The summed E-state index contributed by atoms with van der Waals surface area (Å²) in [5.41, 5.74) is 1.06. The van der Waals surface area contributed by atoms with Crippen LogP contribution in [0.1, 0.15) is 10.6 Å². The maximum absolute atomic E-state index is 13.6. The quantitative estimate of drug-likeness (QED) is 0.800. The highest BCUT2D eigenvalue weighted by atomic mass is 79.9. The molecule has 0 saturated carbocycles. The Balaban J connectivity index is 2.59. The average Bonchev–Trinajstić information content (AvgIpc) is 2.63. The number of nitrogens with zero attached hydrogens (tertiary/aromatic N) is 2. The fourth-order valence-electron chi connectivity index (χ4n) is 1.28. The summed E-state index contributed by atoms with van der Waals surface area (Å²) in [7, 11) is 0. The van der Waals surface area contributed by atoms with Crippen LogP contribution in [-0.2, 0) is 0 Å². The lowest BCUT2D eigenvalue weighted by molar-refractivity contribution is 0.631. The van der Waals surface area contributed by atoms with Gasteiger partial charge in [-0.2, -0.15) is 5.26 Å². The second-order valence-corrected chi connectivity index (χ2v) is 5.08. The molecule has 1 aromatic carbocycles. The van der Waals surface area contributed by atoms with Gasteiger partial charge >= 0.3 is 0 Å². The van der Waals surface area contributed by atoms with Gasteiger partial charge in [0.2, 0.25) is 0 Å². The van der Waals surface area contributed by atoms with E-state index in [-0.39, 0.29) is 5.82 Å². The van der Waals surface area contributed by atoms with E-state index in [9.17, 15) is 4.39 Å². The minimum Gasteiger partial charge on any atom is -0.240 e. The van der Waals surface area contributed by atoms with Gasteiger partial charge in [0.1, 0.15) is 21.8 Å². The minimum absolute atomic E-state index is 0.332. The highest BCUT2D eigenvalue weighted by Crippen LogP contribution is 2.31. The summed E-state index contributed by atoms with van der Waals surface area (Å²) in [6.45, 7) is 1.74. The van der Waals surface area contributed by atoms with E-state index >= 15 is 0 Å². The summed E-state index contributed by atoms with van der Waals surface area (Å²) in [4.78, 5) is 4.71. The van der Waals surface area contributed by atoms with Crippen LogP contribution in [0.3, 0.4) is 0 Å². The van der Waals surface area contributed by atoms with Crippen molar-refractivity contribution in [3.8, 4) is 16.6 Å². The smallest absolute Gasteiger partial charge is 0.133 e. The Bertz CT molecular complexity index is 586. The minimum atomic E-state index is -0.332. The molecule has 0 amide bonds. The van der Waals surface area contributed by atoms with E-state index in [2.05, 4.69) is 20.9 Å². The number of benzene rings is 1. The Morgan fingerprint density at radius 2 is 2.25 bits per heavy atom. The number of rotatable bonds is 1. The van der Waals surface area contributed by atoms with Crippen LogP contribution in [0.4, 0.5) is 4.39 Å². The average molecular weight is 297 g/mol. The summed E-state index contributed by atoms with van der Waals surface area (Å²) in [5, 5.41) is 9.36. The van der Waals surface area contributed by atoms with Gasteiger partial charge < -0.3 is 0 Å². The van der Waals surface area contributed by atoms with Crippen molar-refractivity contribution < 1.29 is 4.39 Å². The lowest BCUT2D eigenvalue weighted by Crippen LogP contribution is -1.83. The van der Waals surface area contributed by atoms with Gasteiger partial charge in [-0.1, -0.05) is 15.9 Å². The van der Waals surface area contributed by atoms with Crippen LogP contribution >= 0.6 is 27.3 Å². The maximum atomic E-state index is 13.6. The molecular weight excluding hydrogens is 291 g/mol. The number of hydrogen-bond acceptors (Lipinski definition) is 3. The topological polar surface area (TPSA) is 36.7 Å². The van der Waals surface area contributed by atoms with Crippen molar-refractivity contribution in [3.05, 3.63) is 39.1 Å². The Morgan fingerprint density at radius 1 is 1.50 bits per heavy atom. The third-order valence-corrected chi connectivity index (χ3v) is 3.65. The summed E-state index contributed by atoms with van der Waals surface area (Å²) in [6.07, 6.45) is 0. The third-order valence-electron chi connectivity index (χ3n) is 2.06. The van der Waals surface area contributed by atoms with Crippen molar-refractivity contribution >= 4 is 27.3 Å². The van der Waals surface area contributed by atoms with E-state index in [1.165, 1.54) is 17.4 Å². The molecule has 1 heterocycles. The predicted molar refractivity (Wildman–Crippen MR) is 64.7 cm³/mol. The van der Waals surface area contributed by atoms with E-state index in [1.54, 1.807) is 19.1 Å². The molecule has 0 aliphatic heterocycles. The van der Waals surface area contributed by atoms with E-state index in [4.69, 9.17) is 5.26 Å². The van der Waals surface area contributed by atoms with Crippen molar-refractivity contribution in [1.82, 2.24) is 4.98 Å². The van der Waals surface area contributed by atoms with Crippen LogP contribution in [-0.4, -0.2) is 4.98 Å². The molecule has 2 rings (SSSR count). The zero-order chi connectivity index (χ0) is 11.7. The highest BCUT2D eigenvalue weighted by molar-refractivity contribution is 9.10. The summed E-state index contributed by atoms with van der Waals surface area (Å²) in [6, 6.07) is 6.71. The Kier molecular flexibility index (Phi) is 3.03. The van der Waals surface area contributed by atoms with Gasteiger partial charge in [-0.15, -0.1) is 11.3 Å². The van der Waals surface area contributed by atoms with Gasteiger partial charge in [0.15, 0.2) is 0 Å². The number of nitriles is 1. The molecular formula is C11H6BrFN2S. The van der Waals surface area contributed by atoms with E-state index in [0.717, 1.165) is 4.47 Å².